The van der Waals surface area contributed by atoms with E-state index in [1.165, 1.54) is 0 Å². The molecule has 20 atom stereocenters. The molecule has 3 N–H and O–H groups in total. The molecular formula is C48H74O14. The average Bonchev–Trinajstić information content (AvgIpc) is 3.58. The van der Waals surface area contributed by atoms with Crippen molar-refractivity contribution in [2.75, 3.05) is 20.8 Å². The number of aliphatic hydroxyl groups is 3. The molecule has 0 aromatic rings. The third-order valence-corrected chi connectivity index (χ3v) is 14.9. The molecule has 1 aliphatic carbocycles. The standard InChI is InChI=1S/C48H74O14/c1-11-25(2)43-28(5)17-18-47(62-43)23-34-20-33(61-47)16-15-27(4)42(26(3)13-12-14-32-24-55-45-40(49)29(6)19-35(46(51)58-34)48(32,45)52)59-39-22-37(54-10)44(31(8)57-39)60-38-21-36(53-9)41(50)30(7)56-38/h12-15,19,25-26,28,30-31,33-45,49-50,52H,11,16-18,20-24H2,1-10H3/b13-12+,27-15+,32-14+/t25-,26-,28-,30+,31+,33+,34-,35-,36-,37-,38-,39-,40+,41-,42-,43+,44-,45+,47+,48+/m0/s1. The van der Waals surface area contributed by atoms with Crippen molar-refractivity contribution in [3.8, 4) is 0 Å². The number of hydrogen-bond donors (Lipinski definition) is 3. The van der Waals surface area contributed by atoms with Crippen molar-refractivity contribution in [1.29, 1.82) is 0 Å². The van der Waals surface area contributed by atoms with Gasteiger partial charge in [-0.05, 0) is 69.1 Å². The maximum absolute atomic E-state index is 14.4. The molecule has 14 heteroatoms. The summed E-state index contributed by atoms with van der Waals surface area (Å²) in [4.78, 5) is 14.4. The molecule has 0 aromatic heterocycles. The molecule has 350 valence electrons. The molecule has 2 bridgehead atoms. The van der Waals surface area contributed by atoms with Gasteiger partial charge < -0.3 is 62.7 Å². The normalized spacial score (nSPS) is 49.4. The van der Waals surface area contributed by atoms with Crippen molar-refractivity contribution in [2.45, 2.75) is 204 Å². The van der Waals surface area contributed by atoms with Crippen molar-refractivity contribution in [3.05, 3.63) is 47.1 Å². The number of ether oxygens (including phenoxy) is 10. The predicted octanol–water partition coefficient (Wildman–Crippen LogP) is 5.60. The lowest BCUT2D eigenvalue weighted by Crippen LogP contribution is -2.58. The van der Waals surface area contributed by atoms with Crippen molar-refractivity contribution >= 4 is 5.97 Å². The highest BCUT2D eigenvalue weighted by Gasteiger charge is 2.60. The van der Waals surface area contributed by atoms with E-state index in [-0.39, 0.29) is 30.8 Å². The molecule has 1 spiro atoms. The molecule has 0 radical (unpaired) electrons. The molecule has 14 nitrogen and oxygen atoms in total. The Morgan fingerprint density at radius 2 is 1.63 bits per heavy atom. The Morgan fingerprint density at radius 3 is 2.35 bits per heavy atom. The van der Waals surface area contributed by atoms with Gasteiger partial charge in [0.1, 0.15) is 42.0 Å². The first kappa shape index (κ1) is 47.9. The van der Waals surface area contributed by atoms with E-state index in [9.17, 15) is 20.1 Å². The van der Waals surface area contributed by atoms with Gasteiger partial charge in [-0.3, -0.25) is 4.79 Å². The summed E-state index contributed by atoms with van der Waals surface area (Å²) < 4.78 is 63.9. The van der Waals surface area contributed by atoms with Crippen LogP contribution in [0.15, 0.2) is 47.1 Å². The van der Waals surface area contributed by atoms with E-state index in [0.717, 1.165) is 18.4 Å². The van der Waals surface area contributed by atoms with Gasteiger partial charge in [-0.25, -0.2) is 0 Å². The number of aliphatic hydroxyl groups excluding tert-OH is 2. The van der Waals surface area contributed by atoms with E-state index in [0.29, 0.717) is 61.5 Å². The summed E-state index contributed by atoms with van der Waals surface area (Å²) >= 11 is 0. The van der Waals surface area contributed by atoms with Crippen LogP contribution in [0.2, 0.25) is 0 Å². The summed E-state index contributed by atoms with van der Waals surface area (Å²) in [6, 6.07) is 0. The zero-order valence-corrected chi connectivity index (χ0v) is 38.5. The first-order valence-electron chi connectivity index (χ1n) is 23.2. The summed E-state index contributed by atoms with van der Waals surface area (Å²) in [6.45, 7) is 16.3. The van der Waals surface area contributed by atoms with Crippen LogP contribution in [0.5, 0.6) is 0 Å². The van der Waals surface area contributed by atoms with Crippen LogP contribution in [0.1, 0.15) is 107 Å². The molecule has 0 amide bonds. The van der Waals surface area contributed by atoms with Gasteiger partial charge in [-0.15, -0.1) is 0 Å². The van der Waals surface area contributed by atoms with Crippen molar-refractivity contribution in [1.82, 2.24) is 0 Å². The van der Waals surface area contributed by atoms with Crippen molar-refractivity contribution < 1.29 is 67.5 Å². The van der Waals surface area contributed by atoms with Crippen molar-refractivity contribution in [3.63, 3.8) is 0 Å². The molecule has 5 saturated heterocycles. The van der Waals surface area contributed by atoms with E-state index < -0.39 is 90.8 Å². The number of allylic oxidation sites excluding steroid dienone is 2. The van der Waals surface area contributed by atoms with Gasteiger partial charge in [0.2, 0.25) is 0 Å². The third kappa shape index (κ3) is 9.73. The molecule has 0 unspecified atom stereocenters. The quantitative estimate of drug-likeness (QED) is 0.204. The molecule has 0 aromatic carbocycles. The van der Waals surface area contributed by atoms with Crippen LogP contribution in [-0.2, 0) is 52.2 Å². The maximum Gasteiger partial charge on any atom is 0.316 e. The second-order valence-electron chi connectivity index (χ2n) is 19.4. The number of fused-ring (bicyclic) bond motifs is 2. The minimum Gasteiger partial charge on any atom is -0.462 e. The number of carbonyl (C=O) groups excluding carboxylic acids is 1. The highest BCUT2D eigenvalue weighted by molar-refractivity contribution is 5.78. The lowest BCUT2D eigenvalue weighted by atomic mass is 9.71. The Hall–Kier alpha value is -2.05. The van der Waals surface area contributed by atoms with Crippen LogP contribution in [0.4, 0.5) is 0 Å². The third-order valence-electron chi connectivity index (χ3n) is 14.9. The number of rotatable bonds is 8. The topological polar surface area (TPSA) is 170 Å². The minimum absolute atomic E-state index is 0.00708. The van der Waals surface area contributed by atoms with Gasteiger partial charge in [0.05, 0.1) is 49.3 Å². The summed E-state index contributed by atoms with van der Waals surface area (Å²) in [5, 5.41) is 34.2. The maximum atomic E-state index is 14.4. The summed E-state index contributed by atoms with van der Waals surface area (Å²) in [5.41, 5.74) is 0.188. The molecule has 62 heavy (non-hydrogen) atoms. The van der Waals surface area contributed by atoms with Crippen LogP contribution in [-0.4, -0.2) is 139 Å². The molecule has 5 fully saturated rings. The minimum atomic E-state index is -1.82. The zero-order valence-electron chi connectivity index (χ0n) is 38.5. The van der Waals surface area contributed by atoms with E-state index in [2.05, 4.69) is 40.7 Å². The molecule has 6 heterocycles. The second kappa shape index (κ2) is 19.8. The first-order chi connectivity index (χ1) is 29.5. The Kier molecular flexibility index (Phi) is 15.3. The largest absolute Gasteiger partial charge is 0.462 e. The predicted molar refractivity (Wildman–Crippen MR) is 227 cm³/mol. The monoisotopic (exact) mass is 875 g/mol. The zero-order chi connectivity index (χ0) is 44.7. The fourth-order valence-corrected chi connectivity index (χ4v) is 11.0. The molecule has 6 aliphatic heterocycles. The lowest BCUT2D eigenvalue weighted by molar-refractivity contribution is -0.340. The molecule has 7 rings (SSSR count). The van der Waals surface area contributed by atoms with Crippen LogP contribution >= 0.6 is 0 Å². The van der Waals surface area contributed by atoms with Gasteiger partial charge in [0.15, 0.2) is 18.4 Å². The SMILES string of the molecule is CC[C@H](C)[C@H]1O[C@]2(CC[C@@H]1C)C[C@@H]1C[C@@H](C/C=C(\C)[C@@H](O[C@H]3C[C@H](OC)[C@@H](O[C@H]4C[C@H](OC)[C@@H](O)[C@@H](C)O4)[C@@H](C)O3)[C@@H](C)/C=C/C=C3\CO[C@@H]4[C@H](O)C(C)=C[C@@H](C(=O)O1)[C@]34O)O2. The molecular weight excluding hydrogens is 801 g/mol. The van der Waals surface area contributed by atoms with Gasteiger partial charge in [0.25, 0.3) is 0 Å². The van der Waals surface area contributed by atoms with Gasteiger partial charge in [-0.2, -0.15) is 0 Å². The average molecular weight is 875 g/mol. The summed E-state index contributed by atoms with van der Waals surface area (Å²) in [5.74, 6) is -2.10. The Balaban J connectivity index is 1.18. The van der Waals surface area contributed by atoms with E-state index in [1.54, 1.807) is 40.2 Å². The van der Waals surface area contributed by atoms with E-state index in [4.69, 9.17) is 47.4 Å². The highest BCUT2D eigenvalue weighted by atomic mass is 16.7. The smallest absolute Gasteiger partial charge is 0.316 e. The number of hydrogen-bond acceptors (Lipinski definition) is 14. The number of carbonyl (C=O) groups is 1. The lowest BCUT2D eigenvalue weighted by Gasteiger charge is -2.51. The van der Waals surface area contributed by atoms with Crippen LogP contribution < -0.4 is 0 Å². The van der Waals surface area contributed by atoms with Crippen LogP contribution in [0.25, 0.3) is 0 Å². The highest BCUT2D eigenvalue weighted by Crippen LogP contribution is 2.48. The molecule has 7 aliphatic rings. The Labute approximate surface area is 368 Å². The van der Waals surface area contributed by atoms with Crippen LogP contribution in [0.3, 0.4) is 0 Å². The number of esters is 1. The van der Waals surface area contributed by atoms with E-state index in [1.807, 2.05) is 19.1 Å². The first-order valence-corrected chi connectivity index (χ1v) is 23.2. The van der Waals surface area contributed by atoms with Crippen molar-refractivity contribution in [2.24, 2.45) is 23.7 Å². The Bertz CT molecular complexity index is 1680. The molecule has 0 saturated carbocycles. The fraction of sp³-hybridized carbons (Fsp3) is 0.812. The van der Waals surface area contributed by atoms with Gasteiger partial charge >= 0.3 is 5.97 Å². The second-order valence-corrected chi connectivity index (χ2v) is 19.4. The van der Waals surface area contributed by atoms with Gasteiger partial charge in [-0.1, -0.05) is 64.5 Å². The fourth-order valence-electron chi connectivity index (χ4n) is 11.0. The van der Waals surface area contributed by atoms with Gasteiger partial charge in [0, 0.05) is 52.2 Å². The van der Waals surface area contributed by atoms with Crippen LogP contribution in [0, 0.1) is 23.7 Å². The summed E-state index contributed by atoms with van der Waals surface area (Å²) in [7, 11) is 3.23. The Morgan fingerprint density at radius 1 is 0.919 bits per heavy atom. The van der Waals surface area contributed by atoms with E-state index >= 15 is 0 Å². The summed E-state index contributed by atoms with van der Waals surface area (Å²) in [6.07, 6.45) is 6.53. The number of methoxy groups -OCH3 is 2.